The number of benzene rings is 1. The molecule has 126 valence electrons. The predicted octanol–water partition coefficient (Wildman–Crippen LogP) is 6.44. The molecule has 1 heteroatoms. The van der Waals surface area contributed by atoms with Gasteiger partial charge in [-0.05, 0) is 57.1 Å². The van der Waals surface area contributed by atoms with E-state index in [2.05, 4.69) is 51.6 Å². The highest BCUT2D eigenvalue weighted by Crippen LogP contribution is 2.44. The van der Waals surface area contributed by atoms with Gasteiger partial charge in [-0.3, -0.25) is 0 Å². The molecule has 0 fully saturated rings. The first kappa shape index (κ1) is 17.8. The van der Waals surface area contributed by atoms with E-state index < -0.39 is 0 Å². The van der Waals surface area contributed by atoms with Crippen LogP contribution < -0.4 is 4.74 Å². The summed E-state index contributed by atoms with van der Waals surface area (Å²) in [4.78, 5) is 0. The van der Waals surface area contributed by atoms with Crippen molar-refractivity contribution in [1.82, 2.24) is 0 Å². The van der Waals surface area contributed by atoms with Gasteiger partial charge in [-0.1, -0.05) is 55.7 Å². The molecule has 0 spiro atoms. The normalized spacial score (nSPS) is 21.0. The zero-order valence-corrected chi connectivity index (χ0v) is 15.3. The number of hydrogen-bond acceptors (Lipinski definition) is 1. The Morgan fingerprint density at radius 3 is 2.74 bits per heavy atom. The van der Waals surface area contributed by atoms with Crippen molar-refractivity contribution in [1.29, 1.82) is 0 Å². The molecule has 1 nitrogen and oxygen atoms in total. The zero-order valence-electron chi connectivity index (χ0n) is 15.3. The quantitative estimate of drug-likeness (QED) is 0.415. The summed E-state index contributed by atoms with van der Waals surface area (Å²) in [5, 5.41) is 0. The van der Waals surface area contributed by atoms with E-state index in [0.29, 0.717) is 11.8 Å². The number of aryl methyl sites for hydroxylation is 1. The highest BCUT2D eigenvalue weighted by Gasteiger charge is 2.29. The molecule has 2 atom stereocenters. The van der Waals surface area contributed by atoms with Gasteiger partial charge < -0.3 is 4.74 Å². The van der Waals surface area contributed by atoms with Gasteiger partial charge in [0.15, 0.2) is 0 Å². The van der Waals surface area contributed by atoms with Gasteiger partial charge in [0.2, 0.25) is 0 Å². The van der Waals surface area contributed by atoms with Crippen molar-refractivity contribution in [3.05, 3.63) is 53.1 Å². The number of rotatable bonds is 7. The van der Waals surface area contributed by atoms with Crippen LogP contribution in [0.4, 0.5) is 0 Å². The van der Waals surface area contributed by atoms with Crippen molar-refractivity contribution in [3.63, 3.8) is 0 Å². The molecule has 1 aromatic rings. The van der Waals surface area contributed by atoms with E-state index in [1.807, 2.05) is 0 Å². The van der Waals surface area contributed by atoms with E-state index >= 15 is 0 Å². The molecule has 2 rings (SSSR count). The first-order valence-corrected chi connectivity index (χ1v) is 9.07. The van der Waals surface area contributed by atoms with Crippen molar-refractivity contribution in [3.8, 4) is 5.75 Å². The zero-order chi connectivity index (χ0) is 16.8. The first-order chi connectivity index (χ1) is 11.1. The van der Waals surface area contributed by atoms with Gasteiger partial charge in [0, 0.05) is 11.5 Å². The highest BCUT2D eigenvalue weighted by molar-refractivity contribution is 5.47. The summed E-state index contributed by atoms with van der Waals surface area (Å²) in [6, 6.07) is 6.55. The Morgan fingerprint density at radius 2 is 2.09 bits per heavy atom. The third-order valence-electron chi connectivity index (χ3n) is 5.14. The van der Waals surface area contributed by atoms with Crippen molar-refractivity contribution in [2.24, 2.45) is 5.92 Å². The Morgan fingerprint density at radius 1 is 1.30 bits per heavy atom. The van der Waals surface area contributed by atoms with E-state index in [0.717, 1.165) is 12.2 Å². The Bertz CT molecular complexity index is 567. The van der Waals surface area contributed by atoms with Crippen molar-refractivity contribution in [2.75, 3.05) is 7.11 Å². The minimum absolute atomic E-state index is 0.411. The van der Waals surface area contributed by atoms with Crippen LogP contribution in [-0.4, -0.2) is 7.11 Å². The lowest BCUT2D eigenvalue weighted by atomic mass is 9.72. The maximum Gasteiger partial charge on any atom is 0.122 e. The summed E-state index contributed by atoms with van der Waals surface area (Å²) in [6.45, 7) is 11.0. The minimum atomic E-state index is 0.411. The van der Waals surface area contributed by atoms with Crippen LogP contribution >= 0.6 is 0 Å². The summed E-state index contributed by atoms with van der Waals surface area (Å²) in [6.07, 6.45) is 9.81. The van der Waals surface area contributed by atoms with E-state index in [1.165, 1.54) is 54.4 Å². The van der Waals surface area contributed by atoms with Gasteiger partial charge in [0.1, 0.15) is 5.75 Å². The Hall–Kier alpha value is -1.50. The van der Waals surface area contributed by atoms with Crippen LogP contribution in [-0.2, 0) is 6.42 Å². The summed E-state index contributed by atoms with van der Waals surface area (Å²) in [5.41, 5.74) is 5.65. The van der Waals surface area contributed by atoms with Gasteiger partial charge in [-0.2, -0.15) is 0 Å². The second kappa shape index (κ2) is 8.38. The Labute approximate surface area is 142 Å². The fraction of sp³-hybridized carbons (Fsp3) is 0.545. The molecule has 0 saturated heterocycles. The molecule has 0 heterocycles. The van der Waals surface area contributed by atoms with Crippen LogP contribution in [0.2, 0.25) is 0 Å². The molecule has 0 N–H and O–H groups in total. The maximum absolute atomic E-state index is 5.75. The third-order valence-corrected chi connectivity index (χ3v) is 5.14. The van der Waals surface area contributed by atoms with Gasteiger partial charge in [0.05, 0.1) is 7.11 Å². The fourth-order valence-corrected chi connectivity index (χ4v) is 3.84. The lowest BCUT2D eigenvalue weighted by Gasteiger charge is -2.33. The maximum atomic E-state index is 5.75. The van der Waals surface area contributed by atoms with E-state index in [9.17, 15) is 0 Å². The first-order valence-electron chi connectivity index (χ1n) is 9.07. The molecule has 0 amide bonds. The molecule has 0 saturated carbocycles. The summed E-state index contributed by atoms with van der Waals surface area (Å²) in [7, 11) is 1.80. The van der Waals surface area contributed by atoms with Gasteiger partial charge in [0.25, 0.3) is 0 Å². The average Bonchev–Trinajstić information content (AvgIpc) is 2.54. The molecule has 1 aliphatic rings. The van der Waals surface area contributed by atoms with Crippen LogP contribution in [0.25, 0.3) is 0 Å². The van der Waals surface area contributed by atoms with E-state index in [1.54, 1.807) is 7.11 Å². The van der Waals surface area contributed by atoms with Crippen LogP contribution in [0.15, 0.2) is 42.0 Å². The Kier molecular flexibility index (Phi) is 6.50. The van der Waals surface area contributed by atoms with Crippen molar-refractivity contribution in [2.45, 2.75) is 65.2 Å². The molecule has 0 bridgehead atoms. The highest BCUT2D eigenvalue weighted by atomic mass is 16.5. The topological polar surface area (TPSA) is 9.23 Å². The van der Waals surface area contributed by atoms with E-state index in [-0.39, 0.29) is 0 Å². The molecule has 23 heavy (non-hydrogen) atoms. The van der Waals surface area contributed by atoms with Crippen LogP contribution in [0.1, 0.15) is 69.9 Å². The predicted molar refractivity (Wildman–Crippen MR) is 100 cm³/mol. The molecule has 0 aromatic heterocycles. The number of hydrogen-bond donors (Lipinski definition) is 0. The largest absolute Gasteiger partial charge is 0.496 e. The smallest absolute Gasteiger partial charge is 0.122 e. The molecule has 1 aromatic carbocycles. The molecule has 1 aliphatic carbocycles. The third kappa shape index (κ3) is 4.28. The summed E-state index contributed by atoms with van der Waals surface area (Å²) >= 11 is 0. The summed E-state index contributed by atoms with van der Waals surface area (Å²) in [5.74, 6) is 1.98. The molecule has 0 radical (unpaired) electrons. The van der Waals surface area contributed by atoms with Gasteiger partial charge in [-0.15, -0.1) is 0 Å². The van der Waals surface area contributed by atoms with Crippen molar-refractivity contribution >= 4 is 0 Å². The number of ether oxygens (including phenoxy) is 1. The number of unbranched alkanes of at least 4 members (excludes halogenated alkanes) is 2. The van der Waals surface area contributed by atoms with Gasteiger partial charge in [-0.25, -0.2) is 0 Å². The van der Waals surface area contributed by atoms with E-state index in [4.69, 9.17) is 4.74 Å². The number of methoxy groups -OCH3 is 1. The molecule has 1 unspecified atom stereocenters. The lowest BCUT2D eigenvalue weighted by molar-refractivity contribution is 0.395. The fourth-order valence-electron chi connectivity index (χ4n) is 3.84. The minimum Gasteiger partial charge on any atom is -0.496 e. The van der Waals surface area contributed by atoms with Crippen molar-refractivity contribution < 1.29 is 4.74 Å². The van der Waals surface area contributed by atoms with Crippen LogP contribution in [0, 0.1) is 5.92 Å². The summed E-state index contributed by atoms with van der Waals surface area (Å²) < 4.78 is 5.75. The second-order valence-electron chi connectivity index (χ2n) is 7.02. The monoisotopic (exact) mass is 312 g/mol. The van der Waals surface area contributed by atoms with Gasteiger partial charge >= 0.3 is 0 Å². The molecular weight excluding hydrogens is 280 g/mol. The second-order valence-corrected chi connectivity index (χ2v) is 7.02. The molecular formula is C22H32O. The average molecular weight is 312 g/mol. The SMILES string of the molecule is C=C(C)[C@@H]1CCC(C)=CC1c1c(CCCCC)cccc1OC. The number of allylic oxidation sites excluding steroid dienone is 3. The van der Waals surface area contributed by atoms with Crippen LogP contribution in [0.3, 0.4) is 0 Å². The van der Waals surface area contributed by atoms with Crippen LogP contribution in [0.5, 0.6) is 5.75 Å². The standard InChI is InChI=1S/C22H32O/c1-6-7-8-10-18-11-9-12-21(23-5)22(18)20-15-17(4)13-14-19(20)16(2)3/h9,11-12,15,19-20H,2,6-8,10,13-14H2,1,3-5H3/t19-,20?/m0/s1. The molecule has 0 aliphatic heterocycles. The Balaban J connectivity index is 2.45. The lowest BCUT2D eigenvalue weighted by Crippen LogP contribution is -2.19.